The average molecular weight is 807 g/mol. The van der Waals surface area contributed by atoms with E-state index in [9.17, 15) is 5.41 Å². The topological polar surface area (TPSA) is 44.1 Å². The molecule has 13 rings (SSSR count). The first-order valence-corrected chi connectivity index (χ1v) is 21.9. The molecule has 3 heterocycles. The van der Waals surface area contributed by atoms with E-state index in [1.807, 2.05) is 18.2 Å². The van der Waals surface area contributed by atoms with Gasteiger partial charge in [-0.1, -0.05) is 184 Å². The standard InChI is InChI=1S/C59H42N4/c1-58(2)53-47-26-12-10-23-44(47)43-22-9-11-25-46(43)52(53)49-33-32-48-45-24-13-14-27-51(45)63(55(48)54(49)58)42-30-28-37(29-31-42)39-18-15-19-40(34-39)56(60)61-57-50(38-16-5-3-6-17-38)35-59(36-62(57)59)41-20-7-4-8-21-41/h3-35,60H,36H2,1-2H3. The van der Waals surface area contributed by atoms with Crippen LogP contribution in [0.15, 0.2) is 205 Å². The third-order valence-electron chi connectivity index (χ3n) is 14.1. The molecule has 1 saturated heterocycles. The van der Waals surface area contributed by atoms with Gasteiger partial charge in [-0.15, -0.1) is 0 Å². The normalized spacial score (nSPS) is 17.7. The SMILES string of the molecule is CC1(C)c2c(c3ccccc3c3ccccc23)-c2ccc3c4ccccc4n(-c4ccc(-c5cccc(C(=N)N=C6C(c7ccccc7)=CC7(c8ccccc8)CN67)c5)cc4)c3c21. The Balaban J connectivity index is 0.902. The summed E-state index contributed by atoms with van der Waals surface area (Å²) >= 11 is 0. The number of fused-ring (bicyclic) bond motifs is 13. The lowest BCUT2D eigenvalue weighted by Gasteiger charge is -2.25. The molecule has 0 bridgehead atoms. The van der Waals surface area contributed by atoms with Gasteiger partial charge in [0.2, 0.25) is 0 Å². The van der Waals surface area contributed by atoms with Gasteiger partial charge in [-0.3, -0.25) is 5.41 Å². The zero-order valence-electron chi connectivity index (χ0n) is 35.1. The zero-order valence-corrected chi connectivity index (χ0v) is 35.1. The van der Waals surface area contributed by atoms with Crippen LogP contribution in [0.3, 0.4) is 0 Å². The van der Waals surface area contributed by atoms with Crippen LogP contribution < -0.4 is 0 Å². The van der Waals surface area contributed by atoms with Crippen LogP contribution in [-0.4, -0.2) is 27.7 Å². The fraction of sp³-hybridized carbons (Fsp3) is 0.0847. The summed E-state index contributed by atoms with van der Waals surface area (Å²) in [5, 5.41) is 17.1. The number of amidine groups is 2. The van der Waals surface area contributed by atoms with Crippen molar-refractivity contribution in [1.29, 1.82) is 5.41 Å². The highest BCUT2D eigenvalue weighted by Gasteiger charge is 2.58. The minimum absolute atomic E-state index is 0.214. The van der Waals surface area contributed by atoms with Crippen molar-refractivity contribution in [2.24, 2.45) is 4.99 Å². The van der Waals surface area contributed by atoms with Crippen LogP contribution >= 0.6 is 0 Å². The average Bonchev–Trinajstić information content (AvgIpc) is 3.74. The van der Waals surface area contributed by atoms with Gasteiger partial charge in [-0.2, -0.15) is 0 Å². The Morgan fingerprint density at radius 2 is 1.17 bits per heavy atom. The Morgan fingerprint density at radius 3 is 1.94 bits per heavy atom. The molecular formula is C59H42N4. The molecule has 1 aliphatic carbocycles. The fourth-order valence-electron chi connectivity index (χ4n) is 11.2. The number of para-hydroxylation sites is 1. The van der Waals surface area contributed by atoms with Crippen molar-refractivity contribution in [1.82, 2.24) is 9.47 Å². The summed E-state index contributed by atoms with van der Waals surface area (Å²) in [5.74, 6) is 1.11. The second kappa shape index (κ2) is 13.1. The summed E-state index contributed by atoms with van der Waals surface area (Å²) < 4.78 is 2.50. The Labute approximate surface area is 366 Å². The summed E-state index contributed by atoms with van der Waals surface area (Å²) in [5.41, 5.74) is 15.0. The summed E-state index contributed by atoms with van der Waals surface area (Å²) in [6.45, 7) is 5.71. The molecule has 1 aromatic heterocycles. The minimum atomic E-state index is -0.260. The van der Waals surface area contributed by atoms with Gasteiger partial charge in [0.05, 0.1) is 17.6 Å². The molecule has 4 heteroatoms. The number of hydrogen-bond acceptors (Lipinski definition) is 1. The van der Waals surface area contributed by atoms with Crippen LogP contribution in [0.25, 0.3) is 76.9 Å². The number of rotatable bonds is 5. The number of nitrogens with zero attached hydrogens (tertiary/aromatic N) is 3. The number of aliphatic imine (C=N–C) groups is 1. The first kappa shape index (κ1) is 35.9. The largest absolute Gasteiger partial charge is 0.338 e. The predicted molar refractivity (Wildman–Crippen MR) is 262 cm³/mol. The van der Waals surface area contributed by atoms with Crippen LogP contribution in [0.5, 0.6) is 0 Å². The molecule has 4 nitrogen and oxygen atoms in total. The van der Waals surface area contributed by atoms with Crippen molar-refractivity contribution in [2.75, 3.05) is 6.54 Å². The molecule has 1 unspecified atom stereocenters. The van der Waals surface area contributed by atoms with Crippen molar-refractivity contribution in [3.05, 3.63) is 228 Å². The quantitative estimate of drug-likeness (QED) is 0.0800. The van der Waals surface area contributed by atoms with Gasteiger partial charge < -0.3 is 9.47 Å². The van der Waals surface area contributed by atoms with Crippen molar-refractivity contribution in [2.45, 2.75) is 24.8 Å². The molecule has 298 valence electrons. The monoisotopic (exact) mass is 806 g/mol. The van der Waals surface area contributed by atoms with E-state index in [0.29, 0.717) is 0 Å². The van der Waals surface area contributed by atoms with Crippen LogP contribution in [0.2, 0.25) is 0 Å². The number of aromatic nitrogens is 1. The molecule has 2 aliphatic heterocycles. The van der Waals surface area contributed by atoms with E-state index in [1.165, 1.54) is 71.2 Å². The summed E-state index contributed by atoms with van der Waals surface area (Å²) in [4.78, 5) is 7.41. The van der Waals surface area contributed by atoms with Gasteiger partial charge in [0.15, 0.2) is 5.84 Å². The lowest BCUT2D eigenvalue weighted by molar-refractivity contribution is 0.670. The highest BCUT2D eigenvalue weighted by Crippen LogP contribution is 2.57. The van der Waals surface area contributed by atoms with Crippen molar-refractivity contribution < 1.29 is 0 Å². The Hall–Kier alpha value is -7.82. The van der Waals surface area contributed by atoms with E-state index in [1.54, 1.807) is 0 Å². The van der Waals surface area contributed by atoms with E-state index in [0.717, 1.165) is 45.9 Å². The molecular weight excluding hydrogens is 765 g/mol. The third-order valence-corrected chi connectivity index (χ3v) is 14.1. The zero-order chi connectivity index (χ0) is 42.0. The molecule has 1 fully saturated rings. The van der Waals surface area contributed by atoms with Crippen LogP contribution in [0.4, 0.5) is 0 Å². The van der Waals surface area contributed by atoms with E-state index in [4.69, 9.17) is 4.99 Å². The highest BCUT2D eigenvalue weighted by molar-refractivity contribution is 6.30. The fourth-order valence-corrected chi connectivity index (χ4v) is 11.2. The van der Waals surface area contributed by atoms with Crippen molar-refractivity contribution in [3.63, 3.8) is 0 Å². The van der Waals surface area contributed by atoms with Crippen LogP contribution in [0.1, 0.15) is 41.7 Å². The second-order valence-corrected chi connectivity index (χ2v) is 17.9. The Kier molecular flexibility index (Phi) is 7.46. The first-order valence-electron chi connectivity index (χ1n) is 21.9. The van der Waals surface area contributed by atoms with Crippen LogP contribution in [0, 0.1) is 5.41 Å². The lowest BCUT2D eigenvalue weighted by atomic mass is 9.78. The van der Waals surface area contributed by atoms with Crippen molar-refractivity contribution in [3.8, 4) is 27.9 Å². The van der Waals surface area contributed by atoms with E-state index in [-0.39, 0.29) is 16.8 Å². The molecule has 10 aromatic rings. The maximum atomic E-state index is 9.35. The second-order valence-electron chi connectivity index (χ2n) is 17.9. The van der Waals surface area contributed by atoms with Gasteiger partial charge >= 0.3 is 0 Å². The van der Waals surface area contributed by atoms with E-state index in [2.05, 4.69) is 205 Å². The molecule has 9 aromatic carbocycles. The van der Waals surface area contributed by atoms with Crippen LogP contribution in [-0.2, 0) is 11.0 Å². The van der Waals surface area contributed by atoms with Gasteiger partial charge in [0, 0.05) is 33.0 Å². The number of nitrogens with one attached hydrogen (secondary N) is 1. The first-order chi connectivity index (χ1) is 30.9. The molecule has 63 heavy (non-hydrogen) atoms. The summed E-state index contributed by atoms with van der Waals surface area (Å²) in [6, 6.07) is 69.8. The maximum absolute atomic E-state index is 9.35. The maximum Gasteiger partial charge on any atom is 0.154 e. The minimum Gasteiger partial charge on any atom is -0.338 e. The molecule has 0 amide bonds. The Morgan fingerprint density at radius 1 is 0.540 bits per heavy atom. The van der Waals surface area contributed by atoms with Crippen molar-refractivity contribution >= 4 is 60.6 Å². The van der Waals surface area contributed by atoms with E-state index < -0.39 is 0 Å². The molecule has 1 N–H and O–H groups in total. The van der Waals surface area contributed by atoms with Gasteiger partial charge in [0.25, 0.3) is 0 Å². The highest BCUT2D eigenvalue weighted by atomic mass is 15.4. The van der Waals surface area contributed by atoms with Gasteiger partial charge in [-0.25, -0.2) is 4.99 Å². The van der Waals surface area contributed by atoms with Gasteiger partial charge in [0.1, 0.15) is 11.4 Å². The number of hydrogen-bond donors (Lipinski definition) is 1. The molecule has 0 radical (unpaired) electrons. The molecule has 3 aliphatic rings. The lowest BCUT2D eigenvalue weighted by Crippen LogP contribution is -2.17. The Bertz CT molecular complexity index is 3630. The third kappa shape index (κ3) is 5.09. The summed E-state index contributed by atoms with van der Waals surface area (Å²) in [6.07, 6.45) is 2.34. The molecule has 0 spiro atoms. The molecule has 0 saturated carbocycles. The smallest absolute Gasteiger partial charge is 0.154 e. The van der Waals surface area contributed by atoms with E-state index >= 15 is 0 Å². The predicted octanol–water partition coefficient (Wildman–Crippen LogP) is 14.1. The number of benzene rings is 9. The summed E-state index contributed by atoms with van der Waals surface area (Å²) in [7, 11) is 0. The molecule has 1 atom stereocenters. The van der Waals surface area contributed by atoms with Gasteiger partial charge in [-0.05, 0) is 96.4 Å².